The first-order valence-corrected chi connectivity index (χ1v) is 6.89. The molecule has 3 N–H and O–H groups in total. The quantitative estimate of drug-likeness (QED) is 0.718. The number of carbonyl (C=O) groups is 1. The molecule has 0 fully saturated rings. The third-order valence-electron chi connectivity index (χ3n) is 3.18. The third kappa shape index (κ3) is 2.58. The average Bonchev–Trinajstić information content (AvgIpc) is 2.93. The summed E-state index contributed by atoms with van der Waals surface area (Å²) >= 11 is 6.12. The van der Waals surface area contributed by atoms with Crippen LogP contribution in [0.3, 0.4) is 0 Å². The Balaban J connectivity index is 1.94. The second-order valence-corrected chi connectivity index (χ2v) is 5.09. The summed E-state index contributed by atoms with van der Waals surface area (Å²) in [5.74, 6) is 0.159. The minimum atomic E-state index is -0.416. The van der Waals surface area contributed by atoms with Crippen molar-refractivity contribution in [2.75, 3.05) is 18.2 Å². The zero-order valence-corrected chi connectivity index (χ0v) is 12.5. The van der Waals surface area contributed by atoms with E-state index in [1.807, 2.05) is 18.2 Å². The Morgan fingerprint density at radius 3 is 2.77 bits per heavy atom. The lowest BCUT2D eigenvalue weighted by molar-refractivity contribution is 0.0998. The first-order chi connectivity index (χ1) is 10.6. The fraction of sp³-hybridized carbons (Fsp3) is 0.0625. The van der Waals surface area contributed by atoms with Gasteiger partial charge in [-0.3, -0.25) is 4.79 Å². The van der Waals surface area contributed by atoms with Crippen molar-refractivity contribution in [3.63, 3.8) is 0 Å². The number of rotatable bonds is 3. The Hall–Kier alpha value is -2.66. The van der Waals surface area contributed by atoms with Gasteiger partial charge in [-0.2, -0.15) is 0 Å². The largest absolute Gasteiger partial charge is 0.494 e. The van der Waals surface area contributed by atoms with E-state index in [1.54, 1.807) is 24.3 Å². The molecule has 1 amide bonds. The highest BCUT2D eigenvalue weighted by atomic mass is 35.5. The van der Waals surface area contributed by atoms with Gasteiger partial charge in [0.05, 0.1) is 12.1 Å². The molecule has 0 atom stereocenters. The second-order valence-electron chi connectivity index (χ2n) is 4.68. The van der Waals surface area contributed by atoms with Crippen LogP contribution in [0.1, 0.15) is 10.6 Å². The first kappa shape index (κ1) is 14.3. The van der Waals surface area contributed by atoms with Gasteiger partial charge in [0.15, 0.2) is 5.76 Å². The van der Waals surface area contributed by atoms with Crippen molar-refractivity contribution >= 4 is 39.9 Å². The van der Waals surface area contributed by atoms with Crippen LogP contribution in [0.25, 0.3) is 11.0 Å². The molecule has 0 unspecified atom stereocenters. The Labute approximate surface area is 131 Å². The van der Waals surface area contributed by atoms with Gasteiger partial charge in [0, 0.05) is 17.1 Å². The molecule has 0 saturated heterocycles. The van der Waals surface area contributed by atoms with E-state index in [9.17, 15) is 4.79 Å². The Morgan fingerprint density at radius 1 is 1.27 bits per heavy atom. The number of halogens is 1. The van der Waals surface area contributed by atoms with Gasteiger partial charge < -0.3 is 20.2 Å². The zero-order valence-electron chi connectivity index (χ0n) is 11.7. The van der Waals surface area contributed by atoms with E-state index in [1.165, 1.54) is 7.11 Å². The molecule has 3 aromatic rings. The zero-order chi connectivity index (χ0) is 15.7. The second kappa shape index (κ2) is 5.61. The molecule has 3 rings (SSSR count). The van der Waals surface area contributed by atoms with Crippen LogP contribution in [0.2, 0.25) is 5.02 Å². The Kier molecular flexibility index (Phi) is 3.65. The molecular weight excluding hydrogens is 304 g/mol. The van der Waals surface area contributed by atoms with Crippen molar-refractivity contribution in [1.29, 1.82) is 0 Å². The summed E-state index contributed by atoms with van der Waals surface area (Å²) in [4.78, 5) is 12.3. The van der Waals surface area contributed by atoms with E-state index in [4.69, 9.17) is 26.5 Å². The van der Waals surface area contributed by atoms with E-state index < -0.39 is 5.91 Å². The van der Waals surface area contributed by atoms with Gasteiger partial charge >= 0.3 is 0 Å². The normalized spacial score (nSPS) is 10.6. The van der Waals surface area contributed by atoms with Crippen molar-refractivity contribution in [3.8, 4) is 5.75 Å². The highest BCUT2D eigenvalue weighted by molar-refractivity contribution is 6.34. The fourth-order valence-electron chi connectivity index (χ4n) is 2.15. The van der Waals surface area contributed by atoms with Gasteiger partial charge in [-0.25, -0.2) is 0 Å². The summed E-state index contributed by atoms with van der Waals surface area (Å²) in [6, 6.07) is 12.2. The van der Waals surface area contributed by atoms with Crippen LogP contribution in [0.15, 0.2) is 46.9 Å². The fourth-order valence-corrected chi connectivity index (χ4v) is 2.42. The number of hydrogen-bond acceptors (Lipinski definition) is 4. The maximum atomic E-state index is 12.3. The minimum absolute atomic E-state index is 0.191. The number of hydrogen-bond donors (Lipinski definition) is 2. The molecule has 6 heteroatoms. The smallest absolute Gasteiger partial charge is 0.291 e. The van der Waals surface area contributed by atoms with E-state index in [0.717, 1.165) is 5.39 Å². The maximum absolute atomic E-state index is 12.3. The summed E-state index contributed by atoms with van der Waals surface area (Å²) in [7, 11) is 1.47. The number of carbonyl (C=O) groups excluding carboxylic acids is 1. The van der Waals surface area contributed by atoms with Crippen molar-refractivity contribution < 1.29 is 13.9 Å². The number of methoxy groups -OCH3 is 1. The molecule has 0 aliphatic heterocycles. The Morgan fingerprint density at radius 2 is 2.05 bits per heavy atom. The van der Waals surface area contributed by atoms with Gasteiger partial charge in [-0.15, -0.1) is 0 Å². The number of nitrogen functional groups attached to an aromatic ring is 1. The number of amides is 1. The van der Waals surface area contributed by atoms with E-state index in [0.29, 0.717) is 27.7 Å². The van der Waals surface area contributed by atoms with Crippen LogP contribution >= 0.6 is 11.6 Å². The highest BCUT2D eigenvalue weighted by Crippen LogP contribution is 2.35. The van der Waals surface area contributed by atoms with Crippen LogP contribution in [0, 0.1) is 0 Å². The molecule has 1 aromatic heterocycles. The van der Waals surface area contributed by atoms with Crippen LogP contribution in [0.5, 0.6) is 5.75 Å². The van der Waals surface area contributed by atoms with Crippen LogP contribution < -0.4 is 15.8 Å². The van der Waals surface area contributed by atoms with Crippen LogP contribution in [0.4, 0.5) is 11.4 Å². The van der Waals surface area contributed by atoms with E-state index >= 15 is 0 Å². The lowest BCUT2D eigenvalue weighted by atomic mass is 10.2. The number of nitrogens with two attached hydrogens (primary N) is 1. The van der Waals surface area contributed by atoms with Gasteiger partial charge in [0.25, 0.3) is 5.91 Å². The molecule has 2 aromatic carbocycles. The molecule has 0 aliphatic carbocycles. The number of nitrogens with one attached hydrogen (secondary N) is 1. The van der Waals surface area contributed by atoms with Crippen molar-refractivity contribution in [2.24, 2.45) is 0 Å². The average molecular weight is 317 g/mol. The predicted molar refractivity (Wildman–Crippen MR) is 86.6 cm³/mol. The predicted octanol–water partition coefficient (Wildman–Crippen LogP) is 3.93. The molecule has 0 aliphatic rings. The molecule has 22 heavy (non-hydrogen) atoms. The molecule has 0 saturated carbocycles. The number of ether oxygens (including phenoxy) is 1. The molecule has 1 heterocycles. The highest BCUT2D eigenvalue weighted by Gasteiger charge is 2.17. The first-order valence-electron chi connectivity index (χ1n) is 6.51. The molecule has 0 spiro atoms. The van der Waals surface area contributed by atoms with Gasteiger partial charge in [0.1, 0.15) is 17.0 Å². The molecule has 112 valence electrons. The summed E-state index contributed by atoms with van der Waals surface area (Å²) < 4.78 is 10.7. The topological polar surface area (TPSA) is 77.5 Å². The van der Waals surface area contributed by atoms with Crippen molar-refractivity contribution in [1.82, 2.24) is 0 Å². The van der Waals surface area contributed by atoms with Gasteiger partial charge in [-0.05, 0) is 18.2 Å². The summed E-state index contributed by atoms with van der Waals surface area (Å²) in [5.41, 5.74) is 7.14. The lowest BCUT2D eigenvalue weighted by Crippen LogP contribution is -2.12. The van der Waals surface area contributed by atoms with Gasteiger partial charge in [-0.1, -0.05) is 29.8 Å². The molecule has 5 nitrogen and oxygen atoms in total. The number of benzene rings is 2. The van der Waals surface area contributed by atoms with Crippen molar-refractivity contribution in [3.05, 3.63) is 53.2 Å². The monoisotopic (exact) mass is 316 g/mol. The molecular formula is C16H13ClN2O3. The summed E-state index contributed by atoms with van der Waals surface area (Å²) in [5, 5.41) is 3.83. The Bertz CT molecular complexity index is 825. The third-order valence-corrected chi connectivity index (χ3v) is 3.48. The van der Waals surface area contributed by atoms with Crippen molar-refractivity contribution in [2.45, 2.75) is 0 Å². The van der Waals surface area contributed by atoms with Crippen LogP contribution in [-0.4, -0.2) is 13.0 Å². The lowest BCUT2D eigenvalue weighted by Gasteiger charge is -2.12. The van der Waals surface area contributed by atoms with E-state index in [-0.39, 0.29) is 5.76 Å². The SMILES string of the molecule is COc1cc(N)cc(Cl)c1NC(=O)c1cc2ccccc2o1. The standard InChI is InChI=1S/C16H13ClN2O3/c1-21-13-8-10(18)7-11(17)15(13)19-16(20)14-6-9-4-2-3-5-12(9)22-14/h2-8H,18H2,1H3,(H,19,20). The van der Waals surface area contributed by atoms with Crippen LogP contribution in [-0.2, 0) is 0 Å². The maximum Gasteiger partial charge on any atom is 0.291 e. The molecule has 0 bridgehead atoms. The van der Waals surface area contributed by atoms with E-state index in [2.05, 4.69) is 5.32 Å². The number of furan rings is 1. The minimum Gasteiger partial charge on any atom is -0.494 e. The van der Waals surface area contributed by atoms with Gasteiger partial charge in [0.2, 0.25) is 0 Å². The number of anilines is 2. The molecule has 0 radical (unpaired) electrons. The summed E-state index contributed by atoms with van der Waals surface area (Å²) in [6.45, 7) is 0. The number of para-hydroxylation sites is 1. The summed E-state index contributed by atoms with van der Waals surface area (Å²) in [6.07, 6.45) is 0. The number of fused-ring (bicyclic) bond motifs is 1.